The third-order valence-corrected chi connectivity index (χ3v) is 6.31. The predicted octanol–water partition coefficient (Wildman–Crippen LogP) is 8.26. The molecule has 1 atom stereocenters. The molecule has 1 aliphatic heterocycles. The van der Waals surface area contributed by atoms with E-state index in [1.165, 1.54) is 109 Å². The molecule has 0 aromatic carbocycles. The second-order valence-electron chi connectivity index (χ2n) is 9.12. The number of hydrogen-bond acceptors (Lipinski definition) is 2. The van der Waals surface area contributed by atoms with Crippen molar-refractivity contribution in [2.45, 2.75) is 135 Å². The van der Waals surface area contributed by atoms with Crippen molar-refractivity contribution in [1.82, 2.24) is 4.90 Å². The quantitative estimate of drug-likeness (QED) is 0.190. The van der Waals surface area contributed by atoms with Crippen LogP contribution in [0.1, 0.15) is 129 Å². The van der Waals surface area contributed by atoms with E-state index in [0.717, 1.165) is 12.8 Å². The van der Waals surface area contributed by atoms with Crippen LogP contribution in [-0.4, -0.2) is 28.6 Å². The number of rotatable bonds is 21. The van der Waals surface area contributed by atoms with Gasteiger partial charge in [0.25, 0.3) is 0 Å². The molecule has 1 N–H and O–H groups in total. The van der Waals surface area contributed by atoms with E-state index in [1.807, 2.05) is 0 Å². The van der Waals surface area contributed by atoms with Gasteiger partial charge >= 0.3 is 5.97 Å². The van der Waals surface area contributed by atoms with Crippen LogP contribution in [0.3, 0.4) is 0 Å². The van der Waals surface area contributed by atoms with Crippen LogP contribution >= 0.6 is 0 Å². The van der Waals surface area contributed by atoms with E-state index in [0.29, 0.717) is 12.5 Å². The Balaban J connectivity index is 1.80. The lowest BCUT2D eigenvalue weighted by Gasteiger charge is -2.30. The van der Waals surface area contributed by atoms with Crippen LogP contribution in [0, 0.1) is 0 Å². The van der Waals surface area contributed by atoms with Gasteiger partial charge in [0.2, 0.25) is 0 Å². The molecule has 0 saturated heterocycles. The molecule has 0 spiro atoms. The summed E-state index contributed by atoms with van der Waals surface area (Å²) in [7, 11) is 0. The highest BCUT2D eigenvalue weighted by atomic mass is 16.4. The second kappa shape index (κ2) is 19.7. The summed E-state index contributed by atoms with van der Waals surface area (Å²) in [6.45, 7) is 3.48. The molecule has 0 bridgehead atoms. The summed E-state index contributed by atoms with van der Waals surface area (Å²) < 4.78 is 0. The maximum Gasteiger partial charge on any atom is 0.303 e. The van der Waals surface area contributed by atoms with Crippen LogP contribution in [0.25, 0.3) is 0 Å². The average Bonchev–Trinajstić information content (AvgIpc) is 2.75. The van der Waals surface area contributed by atoms with Gasteiger partial charge in [0.05, 0.1) is 0 Å². The van der Waals surface area contributed by atoms with Crippen LogP contribution in [0.4, 0.5) is 0 Å². The first-order valence-corrected chi connectivity index (χ1v) is 13.1. The smallest absolute Gasteiger partial charge is 0.303 e. The van der Waals surface area contributed by atoms with Gasteiger partial charge in [-0.05, 0) is 31.5 Å². The summed E-state index contributed by atoms with van der Waals surface area (Å²) in [5.41, 5.74) is 0. The zero-order valence-corrected chi connectivity index (χ0v) is 19.8. The fourth-order valence-electron chi connectivity index (χ4n) is 4.34. The van der Waals surface area contributed by atoms with Gasteiger partial charge in [0, 0.05) is 19.0 Å². The molecule has 3 nitrogen and oxygen atoms in total. The number of carbonyl (C=O) groups is 1. The Kier molecular flexibility index (Phi) is 17.6. The third-order valence-electron chi connectivity index (χ3n) is 6.31. The van der Waals surface area contributed by atoms with Crippen LogP contribution in [0.2, 0.25) is 0 Å². The van der Waals surface area contributed by atoms with Crippen molar-refractivity contribution >= 4 is 5.97 Å². The highest BCUT2D eigenvalue weighted by molar-refractivity contribution is 5.66. The number of nitrogens with zero attached hydrogens (tertiary/aromatic N) is 1. The molecule has 0 saturated carbocycles. The first-order chi connectivity index (χ1) is 14.7. The van der Waals surface area contributed by atoms with Crippen molar-refractivity contribution in [2.24, 2.45) is 0 Å². The lowest BCUT2D eigenvalue weighted by molar-refractivity contribution is -0.137. The van der Waals surface area contributed by atoms with Crippen molar-refractivity contribution < 1.29 is 9.90 Å². The largest absolute Gasteiger partial charge is 0.481 e. The molecule has 3 heteroatoms. The van der Waals surface area contributed by atoms with Crippen molar-refractivity contribution in [1.29, 1.82) is 0 Å². The molecule has 1 rings (SSSR count). The molecule has 1 aliphatic rings. The van der Waals surface area contributed by atoms with Gasteiger partial charge in [0.15, 0.2) is 0 Å². The van der Waals surface area contributed by atoms with Crippen LogP contribution in [-0.2, 0) is 4.79 Å². The molecule has 0 aromatic rings. The lowest BCUT2D eigenvalue weighted by atomic mass is 10.0. The minimum Gasteiger partial charge on any atom is -0.481 e. The number of aliphatic carboxylic acids is 1. The van der Waals surface area contributed by atoms with Crippen molar-refractivity contribution in [2.75, 3.05) is 6.54 Å². The van der Waals surface area contributed by atoms with Gasteiger partial charge in [-0.15, -0.1) is 0 Å². The summed E-state index contributed by atoms with van der Waals surface area (Å²) in [5.74, 6) is -0.654. The Morgan fingerprint density at radius 1 is 0.733 bits per heavy atom. The minimum absolute atomic E-state index is 0.340. The monoisotopic (exact) mass is 419 g/mol. The zero-order valence-electron chi connectivity index (χ0n) is 19.8. The van der Waals surface area contributed by atoms with Crippen LogP contribution < -0.4 is 0 Å². The number of unbranched alkanes of at least 4 members (excludes halogenated alkanes) is 15. The second-order valence-corrected chi connectivity index (χ2v) is 9.12. The molecule has 0 aliphatic carbocycles. The first kappa shape index (κ1) is 26.8. The fourth-order valence-corrected chi connectivity index (χ4v) is 4.34. The minimum atomic E-state index is -0.654. The molecule has 0 amide bonds. The summed E-state index contributed by atoms with van der Waals surface area (Å²) in [5, 5.41) is 8.60. The van der Waals surface area contributed by atoms with E-state index in [2.05, 4.69) is 36.3 Å². The maximum atomic E-state index is 10.4. The van der Waals surface area contributed by atoms with E-state index in [4.69, 9.17) is 5.11 Å². The summed E-state index contributed by atoms with van der Waals surface area (Å²) in [6, 6.07) is 0.631. The summed E-state index contributed by atoms with van der Waals surface area (Å²) in [4.78, 5) is 13.0. The van der Waals surface area contributed by atoms with Gasteiger partial charge < -0.3 is 10.0 Å². The maximum absolute atomic E-state index is 10.4. The fraction of sp³-hybridized carbons (Fsp3) is 0.815. The van der Waals surface area contributed by atoms with E-state index in [-0.39, 0.29) is 0 Å². The topological polar surface area (TPSA) is 40.5 Å². The van der Waals surface area contributed by atoms with Gasteiger partial charge in [0.1, 0.15) is 0 Å². The molecule has 1 unspecified atom stereocenters. The third kappa shape index (κ3) is 15.6. The standard InChI is InChI=1S/C27H49NO2/c1-2-3-24-28-25-20-19-22-26(28)21-17-15-13-11-9-7-5-4-6-8-10-12-14-16-18-23-27(29)30/h19-20,22,25-26H,2-18,21,23-24H2,1H3,(H,29,30). The van der Waals surface area contributed by atoms with Crippen molar-refractivity contribution in [3.63, 3.8) is 0 Å². The lowest BCUT2D eigenvalue weighted by Crippen LogP contribution is -2.31. The molecule has 0 fully saturated rings. The van der Waals surface area contributed by atoms with Crippen molar-refractivity contribution in [3.8, 4) is 0 Å². The first-order valence-electron chi connectivity index (χ1n) is 13.1. The van der Waals surface area contributed by atoms with E-state index in [9.17, 15) is 4.79 Å². The Bertz CT molecular complexity index is 458. The molecule has 1 heterocycles. The van der Waals surface area contributed by atoms with Gasteiger partial charge in [-0.3, -0.25) is 4.79 Å². The molecule has 174 valence electrons. The SMILES string of the molecule is CCCCN1C=CC=CC1CCCCCCCCCCCCCCCCCC(=O)O. The van der Waals surface area contributed by atoms with Crippen LogP contribution in [0.15, 0.2) is 24.4 Å². The number of allylic oxidation sites excluding steroid dienone is 2. The zero-order chi connectivity index (χ0) is 21.7. The highest BCUT2D eigenvalue weighted by Crippen LogP contribution is 2.18. The predicted molar refractivity (Wildman–Crippen MR) is 130 cm³/mol. The van der Waals surface area contributed by atoms with Crippen molar-refractivity contribution in [3.05, 3.63) is 24.4 Å². The van der Waals surface area contributed by atoms with Gasteiger partial charge in [-0.25, -0.2) is 0 Å². The van der Waals surface area contributed by atoms with E-state index < -0.39 is 5.97 Å². The molecule has 30 heavy (non-hydrogen) atoms. The average molecular weight is 420 g/mol. The Morgan fingerprint density at radius 3 is 1.73 bits per heavy atom. The Morgan fingerprint density at radius 2 is 1.23 bits per heavy atom. The summed E-state index contributed by atoms with van der Waals surface area (Å²) in [6.07, 6.45) is 33.0. The van der Waals surface area contributed by atoms with E-state index in [1.54, 1.807) is 0 Å². The molecular formula is C27H49NO2. The number of hydrogen-bond donors (Lipinski definition) is 1. The number of carboxylic acid groups (broad SMARTS) is 1. The van der Waals surface area contributed by atoms with Gasteiger partial charge in [-0.1, -0.05) is 115 Å². The normalized spacial score (nSPS) is 15.8. The molecule has 0 radical (unpaired) electrons. The Hall–Kier alpha value is -1.25. The number of carboxylic acids is 1. The Labute approximate surface area is 187 Å². The molecule has 0 aromatic heterocycles. The highest BCUT2D eigenvalue weighted by Gasteiger charge is 2.13. The van der Waals surface area contributed by atoms with Crippen LogP contribution in [0.5, 0.6) is 0 Å². The van der Waals surface area contributed by atoms with E-state index >= 15 is 0 Å². The van der Waals surface area contributed by atoms with Gasteiger partial charge in [-0.2, -0.15) is 0 Å². The summed E-state index contributed by atoms with van der Waals surface area (Å²) >= 11 is 0. The molecular weight excluding hydrogens is 370 g/mol.